The van der Waals surface area contributed by atoms with Crippen molar-refractivity contribution in [2.45, 2.75) is 64.8 Å². The van der Waals surface area contributed by atoms with E-state index in [1.54, 1.807) is 4.68 Å². The van der Waals surface area contributed by atoms with Crippen molar-refractivity contribution in [2.75, 3.05) is 0 Å². The van der Waals surface area contributed by atoms with E-state index in [9.17, 15) is 4.79 Å². The molecule has 1 unspecified atom stereocenters. The average molecular weight is 280 g/mol. The summed E-state index contributed by atoms with van der Waals surface area (Å²) in [6.07, 6.45) is 8.94. The first-order valence-electron chi connectivity index (χ1n) is 7.62. The number of aromatic nitrogens is 4. The predicted molar refractivity (Wildman–Crippen MR) is 74.1 cm³/mol. The molecule has 1 N–H and O–H groups in total. The lowest BCUT2D eigenvalue weighted by Gasteiger charge is -2.21. The van der Waals surface area contributed by atoms with Crippen molar-refractivity contribution in [2.24, 2.45) is 11.8 Å². The first-order chi connectivity index (χ1) is 9.65. The number of carboxylic acids is 1. The van der Waals surface area contributed by atoms with Gasteiger partial charge in [-0.2, -0.15) is 0 Å². The SMILES string of the molecule is CC(CC(=O)O)Cn1nnnc1CCC1CCCCC1. The van der Waals surface area contributed by atoms with Crippen molar-refractivity contribution in [3.63, 3.8) is 0 Å². The number of aliphatic carboxylic acids is 1. The minimum atomic E-state index is -0.769. The zero-order valence-electron chi connectivity index (χ0n) is 12.2. The zero-order valence-corrected chi connectivity index (χ0v) is 12.2. The molecule has 2 rings (SSSR count). The molecule has 0 amide bonds. The van der Waals surface area contributed by atoms with Gasteiger partial charge in [0.2, 0.25) is 0 Å². The largest absolute Gasteiger partial charge is 0.481 e. The highest BCUT2D eigenvalue weighted by Crippen LogP contribution is 2.27. The van der Waals surface area contributed by atoms with Crippen molar-refractivity contribution in [3.05, 3.63) is 5.82 Å². The smallest absolute Gasteiger partial charge is 0.303 e. The van der Waals surface area contributed by atoms with Crippen molar-refractivity contribution in [1.82, 2.24) is 20.2 Å². The molecule has 0 spiro atoms. The Bertz CT molecular complexity index is 427. The Labute approximate surface area is 119 Å². The number of nitrogens with zero attached hydrogens (tertiary/aromatic N) is 4. The molecule has 6 nitrogen and oxygen atoms in total. The van der Waals surface area contributed by atoms with Crippen LogP contribution in [0.2, 0.25) is 0 Å². The van der Waals surface area contributed by atoms with Crippen LogP contribution in [0.15, 0.2) is 0 Å². The highest BCUT2D eigenvalue weighted by molar-refractivity contribution is 5.66. The van der Waals surface area contributed by atoms with Crippen molar-refractivity contribution in [3.8, 4) is 0 Å². The molecule has 0 aromatic carbocycles. The summed E-state index contributed by atoms with van der Waals surface area (Å²) < 4.78 is 1.77. The highest BCUT2D eigenvalue weighted by atomic mass is 16.4. The van der Waals surface area contributed by atoms with E-state index in [1.165, 1.54) is 32.1 Å². The number of hydrogen-bond donors (Lipinski definition) is 1. The van der Waals surface area contributed by atoms with E-state index >= 15 is 0 Å². The van der Waals surface area contributed by atoms with E-state index in [1.807, 2.05) is 6.92 Å². The molecule has 6 heteroatoms. The van der Waals surface area contributed by atoms with Gasteiger partial charge in [-0.25, -0.2) is 4.68 Å². The van der Waals surface area contributed by atoms with Gasteiger partial charge in [0.25, 0.3) is 0 Å². The second-order valence-corrected chi connectivity index (χ2v) is 6.02. The molecule has 1 aliphatic rings. The summed E-state index contributed by atoms with van der Waals surface area (Å²) in [5.41, 5.74) is 0. The van der Waals surface area contributed by atoms with Crippen LogP contribution in [0.4, 0.5) is 0 Å². The third-order valence-corrected chi connectivity index (χ3v) is 4.11. The summed E-state index contributed by atoms with van der Waals surface area (Å²) >= 11 is 0. The number of carbonyl (C=O) groups is 1. The maximum atomic E-state index is 10.7. The van der Waals surface area contributed by atoms with Gasteiger partial charge in [0.15, 0.2) is 5.82 Å². The summed E-state index contributed by atoms with van der Waals surface area (Å²) in [6.45, 7) is 2.50. The molecule has 0 radical (unpaired) electrons. The van der Waals surface area contributed by atoms with Gasteiger partial charge in [0.05, 0.1) is 0 Å². The summed E-state index contributed by atoms with van der Waals surface area (Å²) in [5, 5.41) is 20.6. The van der Waals surface area contributed by atoms with Gasteiger partial charge in [-0.05, 0) is 28.7 Å². The lowest BCUT2D eigenvalue weighted by molar-refractivity contribution is -0.138. The van der Waals surface area contributed by atoms with Crippen molar-refractivity contribution in [1.29, 1.82) is 0 Å². The van der Waals surface area contributed by atoms with Gasteiger partial charge in [-0.15, -0.1) is 5.10 Å². The fraction of sp³-hybridized carbons (Fsp3) is 0.857. The Hall–Kier alpha value is -1.46. The van der Waals surface area contributed by atoms with Crippen molar-refractivity contribution < 1.29 is 9.90 Å². The third-order valence-electron chi connectivity index (χ3n) is 4.11. The van der Waals surface area contributed by atoms with Crippen LogP contribution >= 0.6 is 0 Å². The molecule has 0 bridgehead atoms. The number of rotatable bonds is 7. The Morgan fingerprint density at radius 3 is 2.85 bits per heavy atom. The fourth-order valence-corrected chi connectivity index (χ4v) is 3.01. The van der Waals surface area contributed by atoms with Crippen LogP contribution in [0.25, 0.3) is 0 Å². The van der Waals surface area contributed by atoms with Crippen LogP contribution in [-0.2, 0) is 17.8 Å². The molecule has 1 saturated carbocycles. The van der Waals surface area contributed by atoms with E-state index in [-0.39, 0.29) is 12.3 Å². The zero-order chi connectivity index (χ0) is 14.4. The normalized spacial score (nSPS) is 18.1. The summed E-state index contributed by atoms with van der Waals surface area (Å²) in [6, 6.07) is 0. The first-order valence-corrected chi connectivity index (χ1v) is 7.62. The number of hydrogen-bond acceptors (Lipinski definition) is 4. The minimum Gasteiger partial charge on any atom is -0.481 e. The van der Waals surface area contributed by atoms with E-state index in [4.69, 9.17) is 5.11 Å². The molecule has 1 fully saturated rings. The van der Waals surface area contributed by atoms with Gasteiger partial charge in [0.1, 0.15) is 0 Å². The molecule has 1 heterocycles. The van der Waals surface area contributed by atoms with Gasteiger partial charge in [0, 0.05) is 19.4 Å². The molecule has 112 valence electrons. The Morgan fingerprint density at radius 1 is 1.40 bits per heavy atom. The molecule has 20 heavy (non-hydrogen) atoms. The Balaban J connectivity index is 1.82. The van der Waals surface area contributed by atoms with Crippen molar-refractivity contribution >= 4 is 5.97 Å². The number of carboxylic acid groups (broad SMARTS) is 1. The summed E-state index contributed by atoms with van der Waals surface area (Å²) in [7, 11) is 0. The average Bonchev–Trinajstić information content (AvgIpc) is 2.84. The van der Waals surface area contributed by atoms with Crippen LogP contribution in [-0.4, -0.2) is 31.3 Å². The second kappa shape index (κ2) is 7.36. The third kappa shape index (κ3) is 4.58. The lowest BCUT2D eigenvalue weighted by atomic mass is 9.86. The maximum Gasteiger partial charge on any atom is 0.303 e. The van der Waals surface area contributed by atoms with E-state index in [0.29, 0.717) is 6.54 Å². The monoisotopic (exact) mass is 280 g/mol. The van der Waals surface area contributed by atoms with Gasteiger partial charge in [-0.3, -0.25) is 4.79 Å². The van der Waals surface area contributed by atoms with Crippen LogP contribution in [0.1, 0.15) is 57.7 Å². The minimum absolute atomic E-state index is 0.0458. The van der Waals surface area contributed by atoms with Crippen LogP contribution in [0.3, 0.4) is 0 Å². The first kappa shape index (κ1) is 14.9. The lowest BCUT2D eigenvalue weighted by Crippen LogP contribution is -2.16. The summed E-state index contributed by atoms with van der Waals surface area (Å²) in [5.74, 6) is 0.983. The van der Waals surface area contributed by atoms with E-state index in [2.05, 4.69) is 15.5 Å². The molecule has 0 saturated heterocycles. The molecule has 1 aromatic rings. The molecule has 1 aliphatic carbocycles. The van der Waals surface area contributed by atoms with Gasteiger partial charge < -0.3 is 5.11 Å². The molecular formula is C14H24N4O2. The topological polar surface area (TPSA) is 80.9 Å². The second-order valence-electron chi connectivity index (χ2n) is 6.02. The number of tetrazole rings is 1. The molecule has 1 aromatic heterocycles. The van der Waals surface area contributed by atoms with E-state index in [0.717, 1.165) is 24.6 Å². The fourth-order valence-electron chi connectivity index (χ4n) is 3.01. The molecule has 1 atom stereocenters. The quantitative estimate of drug-likeness (QED) is 0.828. The highest BCUT2D eigenvalue weighted by Gasteiger charge is 2.16. The Kier molecular flexibility index (Phi) is 5.49. The molecular weight excluding hydrogens is 256 g/mol. The standard InChI is InChI=1S/C14H24N4O2/c1-11(9-14(19)20)10-18-13(15-16-17-18)8-7-12-5-3-2-4-6-12/h11-12H,2-10H2,1H3,(H,19,20). The summed E-state index contributed by atoms with van der Waals surface area (Å²) in [4.78, 5) is 10.7. The van der Waals surface area contributed by atoms with Crippen LogP contribution in [0, 0.1) is 11.8 Å². The van der Waals surface area contributed by atoms with Gasteiger partial charge in [-0.1, -0.05) is 39.0 Å². The predicted octanol–water partition coefficient (Wildman–Crippen LogP) is 2.30. The Morgan fingerprint density at radius 2 is 2.15 bits per heavy atom. The molecule has 0 aliphatic heterocycles. The number of aryl methyl sites for hydroxylation is 1. The van der Waals surface area contributed by atoms with Crippen LogP contribution in [0.5, 0.6) is 0 Å². The van der Waals surface area contributed by atoms with Crippen LogP contribution < -0.4 is 0 Å². The van der Waals surface area contributed by atoms with E-state index < -0.39 is 5.97 Å². The van der Waals surface area contributed by atoms with Gasteiger partial charge >= 0.3 is 5.97 Å². The maximum absolute atomic E-state index is 10.7.